The van der Waals surface area contributed by atoms with E-state index in [-0.39, 0.29) is 22.8 Å². The standard InChI is InChI=1S/C27H23N3O5S/c1-3-34-18-14-12-17(13-15-18)30-26(32)25-24(19-8-4-6-10-21(19)35-25)29-27(30)36-16-23(31)28-20-9-5-7-11-22(20)33-2/h4-15H,3,16H2,1-2H3,(H,28,31). The Hall–Kier alpha value is -4.24. The zero-order valence-electron chi connectivity index (χ0n) is 19.7. The number of carbonyl (C=O) groups excluding carboxylic acids is 1. The molecule has 0 aliphatic carbocycles. The first kappa shape index (κ1) is 23.5. The van der Waals surface area contributed by atoms with Gasteiger partial charge < -0.3 is 19.2 Å². The van der Waals surface area contributed by atoms with Crippen molar-refractivity contribution in [3.05, 3.63) is 83.2 Å². The highest BCUT2D eigenvalue weighted by molar-refractivity contribution is 7.99. The van der Waals surface area contributed by atoms with Crippen LogP contribution in [0, 0.1) is 0 Å². The molecule has 0 fully saturated rings. The zero-order valence-corrected chi connectivity index (χ0v) is 20.5. The van der Waals surface area contributed by atoms with Crippen LogP contribution in [0.3, 0.4) is 0 Å². The molecule has 5 aromatic rings. The summed E-state index contributed by atoms with van der Waals surface area (Å²) in [6, 6.07) is 21.7. The minimum atomic E-state index is -0.354. The van der Waals surface area contributed by atoms with Gasteiger partial charge >= 0.3 is 5.56 Å². The van der Waals surface area contributed by atoms with Crippen molar-refractivity contribution < 1.29 is 18.7 Å². The molecule has 8 nitrogen and oxygen atoms in total. The molecule has 5 rings (SSSR count). The average molecular weight is 502 g/mol. The summed E-state index contributed by atoms with van der Waals surface area (Å²) >= 11 is 1.16. The molecule has 2 heterocycles. The molecule has 182 valence electrons. The lowest BCUT2D eigenvalue weighted by Gasteiger charge is -2.13. The van der Waals surface area contributed by atoms with E-state index in [4.69, 9.17) is 18.9 Å². The number of thioether (sulfide) groups is 1. The molecule has 0 saturated carbocycles. The zero-order chi connectivity index (χ0) is 25.1. The fourth-order valence-electron chi connectivity index (χ4n) is 3.87. The van der Waals surface area contributed by atoms with Crippen LogP contribution in [0.4, 0.5) is 5.69 Å². The van der Waals surface area contributed by atoms with Gasteiger partial charge in [-0.3, -0.25) is 14.2 Å². The lowest BCUT2D eigenvalue weighted by Crippen LogP contribution is -2.22. The highest BCUT2D eigenvalue weighted by atomic mass is 32.2. The molecule has 0 atom stereocenters. The van der Waals surface area contributed by atoms with Crippen LogP contribution in [-0.2, 0) is 4.79 Å². The molecular weight excluding hydrogens is 478 g/mol. The summed E-state index contributed by atoms with van der Waals surface area (Å²) < 4.78 is 18.2. The summed E-state index contributed by atoms with van der Waals surface area (Å²) in [6.07, 6.45) is 0. The van der Waals surface area contributed by atoms with Crippen molar-refractivity contribution in [1.82, 2.24) is 9.55 Å². The number of methoxy groups -OCH3 is 1. The van der Waals surface area contributed by atoms with Crippen molar-refractivity contribution in [1.29, 1.82) is 0 Å². The number of hydrogen-bond acceptors (Lipinski definition) is 7. The summed E-state index contributed by atoms with van der Waals surface area (Å²) in [7, 11) is 1.55. The van der Waals surface area contributed by atoms with E-state index in [0.717, 1.165) is 17.1 Å². The van der Waals surface area contributed by atoms with Gasteiger partial charge in [-0.05, 0) is 55.5 Å². The number of aromatic nitrogens is 2. The Balaban J connectivity index is 1.54. The molecule has 0 aliphatic heterocycles. The number of nitrogens with one attached hydrogen (secondary N) is 1. The van der Waals surface area contributed by atoms with Crippen molar-refractivity contribution in [2.24, 2.45) is 0 Å². The highest BCUT2D eigenvalue weighted by Crippen LogP contribution is 2.29. The predicted molar refractivity (Wildman–Crippen MR) is 141 cm³/mol. The number of amides is 1. The maximum Gasteiger partial charge on any atom is 0.302 e. The Morgan fingerprint density at radius 3 is 2.58 bits per heavy atom. The van der Waals surface area contributed by atoms with E-state index in [9.17, 15) is 9.59 Å². The number of anilines is 1. The van der Waals surface area contributed by atoms with Gasteiger partial charge in [0.25, 0.3) is 0 Å². The van der Waals surface area contributed by atoms with Crippen LogP contribution in [0.15, 0.2) is 87.2 Å². The molecule has 0 spiro atoms. The van der Waals surface area contributed by atoms with E-state index in [1.54, 1.807) is 49.6 Å². The summed E-state index contributed by atoms with van der Waals surface area (Å²) in [5.41, 5.74) is 2.00. The fraction of sp³-hybridized carbons (Fsp3) is 0.148. The third-order valence-electron chi connectivity index (χ3n) is 5.48. The van der Waals surface area contributed by atoms with E-state index in [2.05, 4.69) is 5.32 Å². The Bertz CT molecular complexity index is 1610. The van der Waals surface area contributed by atoms with Crippen LogP contribution in [0.1, 0.15) is 6.92 Å². The largest absolute Gasteiger partial charge is 0.495 e. The smallest absolute Gasteiger partial charge is 0.302 e. The number of fused-ring (bicyclic) bond motifs is 3. The summed E-state index contributed by atoms with van der Waals surface area (Å²) in [4.78, 5) is 31.2. The number of nitrogens with zero attached hydrogens (tertiary/aromatic N) is 2. The normalized spacial score (nSPS) is 11.1. The second-order valence-corrected chi connectivity index (χ2v) is 8.72. The second kappa shape index (κ2) is 10.2. The number of para-hydroxylation sites is 3. The van der Waals surface area contributed by atoms with E-state index in [1.165, 1.54) is 4.57 Å². The van der Waals surface area contributed by atoms with Gasteiger partial charge in [-0.15, -0.1) is 0 Å². The van der Waals surface area contributed by atoms with Crippen LogP contribution in [-0.4, -0.2) is 34.9 Å². The maximum absolute atomic E-state index is 13.6. The molecule has 0 unspecified atom stereocenters. The first-order chi connectivity index (χ1) is 17.6. The topological polar surface area (TPSA) is 95.6 Å². The molecule has 0 bridgehead atoms. The Labute approximate surface area is 210 Å². The first-order valence-corrected chi connectivity index (χ1v) is 12.3. The molecule has 1 N–H and O–H groups in total. The highest BCUT2D eigenvalue weighted by Gasteiger charge is 2.20. The Kier molecular flexibility index (Phi) is 6.64. The van der Waals surface area contributed by atoms with Crippen molar-refractivity contribution in [2.45, 2.75) is 12.1 Å². The number of hydrogen-bond donors (Lipinski definition) is 1. The minimum absolute atomic E-state index is 0.0306. The molecule has 1 amide bonds. The van der Waals surface area contributed by atoms with Gasteiger partial charge in [0.1, 0.15) is 22.6 Å². The number of ether oxygens (including phenoxy) is 2. The summed E-state index contributed by atoms with van der Waals surface area (Å²) in [5, 5.41) is 3.97. The molecule has 36 heavy (non-hydrogen) atoms. The third kappa shape index (κ3) is 4.52. The van der Waals surface area contributed by atoms with Crippen LogP contribution >= 0.6 is 11.8 Å². The second-order valence-electron chi connectivity index (χ2n) is 7.77. The van der Waals surface area contributed by atoms with E-state index in [1.807, 2.05) is 37.3 Å². The van der Waals surface area contributed by atoms with Gasteiger partial charge in [0.05, 0.1) is 30.8 Å². The number of carbonyl (C=O) groups is 1. The lowest BCUT2D eigenvalue weighted by atomic mass is 10.2. The van der Waals surface area contributed by atoms with Crippen LogP contribution < -0.4 is 20.3 Å². The number of furan rings is 1. The molecule has 0 radical (unpaired) electrons. The molecular formula is C27H23N3O5S. The first-order valence-electron chi connectivity index (χ1n) is 11.3. The molecule has 3 aromatic carbocycles. The maximum atomic E-state index is 13.6. The molecule has 2 aromatic heterocycles. The van der Waals surface area contributed by atoms with Gasteiger partial charge in [-0.2, -0.15) is 0 Å². The van der Waals surface area contributed by atoms with Crippen molar-refractivity contribution in [2.75, 3.05) is 24.8 Å². The van der Waals surface area contributed by atoms with Gasteiger partial charge in [0.2, 0.25) is 11.5 Å². The van der Waals surface area contributed by atoms with E-state index >= 15 is 0 Å². The molecule has 9 heteroatoms. The summed E-state index contributed by atoms with van der Waals surface area (Å²) in [6.45, 7) is 2.44. The van der Waals surface area contributed by atoms with Crippen molar-refractivity contribution >= 4 is 45.4 Å². The van der Waals surface area contributed by atoms with Crippen LogP contribution in [0.5, 0.6) is 11.5 Å². The van der Waals surface area contributed by atoms with Crippen molar-refractivity contribution in [3.63, 3.8) is 0 Å². The number of benzene rings is 3. The van der Waals surface area contributed by atoms with Crippen LogP contribution in [0.25, 0.3) is 27.8 Å². The molecule has 0 aliphatic rings. The van der Waals surface area contributed by atoms with Gasteiger partial charge in [0, 0.05) is 5.39 Å². The monoisotopic (exact) mass is 501 g/mol. The quantitative estimate of drug-likeness (QED) is 0.229. The van der Waals surface area contributed by atoms with E-state index in [0.29, 0.717) is 45.7 Å². The average Bonchev–Trinajstić information content (AvgIpc) is 3.28. The fourth-order valence-corrected chi connectivity index (χ4v) is 4.67. The third-order valence-corrected chi connectivity index (χ3v) is 6.42. The SMILES string of the molecule is CCOc1ccc(-n2c(SCC(=O)Nc3ccccc3OC)nc3c(oc4ccccc43)c2=O)cc1. The lowest BCUT2D eigenvalue weighted by molar-refractivity contribution is -0.113. The van der Waals surface area contributed by atoms with E-state index < -0.39 is 0 Å². The Morgan fingerprint density at radius 1 is 1.06 bits per heavy atom. The Morgan fingerprint density at radius 2 is 1.81 bits per heavy atom. The van der Waals surface area contributed by atoms with Gasteiger partial charge in [0.15, 0.2) is 5.16 Å². The van der Waals surface area contributed by atoms with Gasteiger partial charge in [-0.1, -0.05) is 36.0 Å². The van der Waals surface area contributed by atoms with Gasteiger partial charge in [-0.25, -0.2) is 4.98 Å². The number of rotatable bonds is 8. The predicted octanol–water partition coefficient (Wildman–Crippen LogP) is 5.27. The molecule has 0 saturated heterocycles. The summed E-state index contributed by atoms with van der Waals surface area (Å²) in [5.74, 6) is 1.03. The van der Waals surface area contributed by atoms with Crippen molar-refractivity contribution in [3.8, 4) is 17.2 Å². The van der Waals surface area contributed by atoms with Crippen LogP contribution in [0.2, 0.25) is 0 Å². The minimum Gasteiger partial charge on any atom is -0.495 e.